The number of likely N-dealkylation sites (N-methyl/N-ethyl adjacent to an activating group) is 1. The van der Waals surface area contributed by atoms with Crippen LogP contribution >= 0.6 is 0 Å². The van der Waals surface area contributed by atoms with Gasteiger partial charge in [0.05, 0.1) is 17.6 Å². The van der Waals surface area contributed by atoms with Gasteiger partial charge < -0.3 is 22.1 Å². The van der Waals surface area contributed by atoms with Crippen molar-refractivity contribution in [1.82, 2.24) is 16.0 Å². The topological polar surface area (TPSA) is 139 Å². The Morgan fingerprint density at radius 2 is 1.42 bits per heavy atom. The molecule has 152 valence electrons. The number of rotatable bonds is 14. The van der Waals surface area contributed by atoms with E-state index >= 15 is 0 Å². The van der Waals surface area contributed by atoms with Crippen LogP contribution in [0.5, 0.6) is 0 Å². The second-order valence-corrected chi connectivity index (χ2v) is 7.12. The monoisotopic (exact) mass is 371 g/mol. The number of amides is 2. The minimum atomic E-state index is -0.963. The van der Waals surface area contributed by atoms with E-state index in [-0.39, 0.29) is 17.6 Å². The van der Waals surface area contributed by atoms with Crippen LogP contribution in [0.15, 0.2) is 0 Å². The largest absolute Gasteiger partial charge is 0.358 e. The third-order valence-corrected chi connectivity index (χ3v) is 4.30. The molecule has 0 aliphatic heterocycles. The van der Waals surface area contributed by atoms with Crippen LogP contribution in [-0.4, -0.2) is 55.4 Å². The second-order valence-electron chi connectivity index (χ2n) is 7.12. The van der Waals surface area contributed by atoms with Gasteiger partial charge in [0.25, 0.3) is 0 Å². The minimum absolute atomic E-state index is 0.141. The summed E-state index contributed by atoms with van der Waals surface area (Å²) in [6.07, 6.45) is 4.26. The molecule has 0 saturated heterocycles. The van der Waals surface area contributed by atoms with E-state index in [1.165, 1.54) is 6.92 Å². The Morgan fingerprint density at radius 3 is 1.85 bits per heavy atom. The Hall–Kier alpha value is -1.51. The number of nitrogens with one attached hydrogen (secondary N) is 3. The maximum atomic E-state index is 13.0. The molecular formula is C18H37N5O3. The Morgan fingerprint density at radius 1 is 0.923 bits per heavy atom. The quantitative estimate of drug-likeness (QED) is 0.268. The molecule has 0 aliphatic rings. The molecule has 0 saturated carbocycles. The standard InChI is InChI=1S/C18H37N5O3/c1-13(24)22-14(9-5-7-11-19)16(25)18(2,3)23-15(17(26)21-4)10-6-8-12-20/h14-15,23H,5-12,19-20H2,1-4H3,(H,21,26)(H,22,24)/t14-,15-/m0/s1. The van der Waals surface area contributed by atoms with Crippen LogP contribution in [0.1, 0.15) is 59.3 Å². The van der Waals surface area contributed by atoms with Gasteiger partial charge >= 0.3 is 0 Å². The number of hydrogen-bond acceptors (Lipinski definition) is 6. The molecule has 0 heterocycles. The fourth-order valence-electron chi connectivity index (χ4n) is 2.89. The molecule has 0 aromatic carbocycles. The maximum absolute atomic E-state index is 13.0. The average molecular weight is 372 g/mol. The van der Waals surface area contributed by atoms with E-state index in [4.69, 9.17) is 11.5 Å². The van der Waals surface area contributed by atoms with Crippen LogP contribution in [0.2, 0.25) is 0 Å². The lowest BCUT2D eigenvalue weighted by molar-refractivity contribution is -0.131. The summed E-state index contributed by atoms with van der Waals surface area (Å²) < 4.78 is 0. The summed E-state index contributed by atoms with van der Waals surface area (Å²) in [6.45, 7) is 5.98. The van der Waals surface area contributed by atoms with Crippen molar-refractivity contribution in [2.24, 2.45) is 11.5 Å². The van der Waals surface area contributed by atoms with E-state index in [1.807, 2.05) is 0 Å². The maximum Gasteiger partial charge on any atom is 0.236 e. The van der Waals surface area contributed by atoms with E-state index in [9.17, 15) is 14.4 Å². The molecule has 0 aromatic heterocycles. The van der Waals surface area contributed by atoms with Crippen molar-refractivity contribution in [3.05, 3.63) is 0 Å². The SMILES string of the molecule is CNC(=O)[C@H](CCCCN)NC(C)(C)C(=O)[C@H](CCCCN)NC(C)=O. The van der Waals surface area contributed by atoms with Crippen molar-refractivity contribution in [3.63, 3.8) is 0 Å². The molecule has 0 fully saturated rings. The number of unbranched alkanes of at least 4 members (excludes halogenated alkanes) is 2. The van der Waals surface area contributed by atoms with Crippen molar-refractivity contribution in [3.8, 4) is 0 Å². The van der Waals surface area contributed by atoms with E-state index in [0.29, 0.717) is 25.9 Å². The summed E-state index contributed by atoms with van der Waals surface area (Å²) >= 11 is 0. The number of carbonyl (C=O) groups excluding carboxylic acids is 3. The Bertz CT molecular complexity index is 454. The third-order valence-electron chi connectivity index (χ3n) is 4.30. The molecule has 0 spiro atoms. The number of Topliss-reactive ketones (excluding diaryl/α,β-unsaturated/α-hetero) is 1. The normalized spacial score (nSPS) is 13.8. The van der Waals surface area contributed by atoms with Crippen molar-refractivity contribution in [1.29, 1.82) is 0 Å². The van der Waals surface area contributed by atoms with Crippen molar-refractivity contribution in [2.45, 2.75) is 76.9 Å². The lowest BCUT2D eigenvalue weighted by atomic mass is 9.89. The van der Waals surface area contributed by atoms with Gasteiger partial charge in [-0.1, -0.05) is 6.42 Å². The fourth-order valence-corrected chi connectivity index (χ4v) is 2.89. The third kappa shape index (κ3) is 9.26. The van der Waals surface area contributed by atoms with Crippen LogP contribution in [0.3, 0.4) is 0 Å². The molecule has 0 aliphatic carbocycles. The lowest BCUT2D eigenvalue weighted by Gasteiger charge is -2.33. The Kier molecular flexibility index (Phi) is 12.0. The highest BCUT2D eigenvalue weighted by molar-refractivity contribution is 5.95. The van der Waals surface area contributed by atoms with E-state index in [2.05, 4.69) is 16.0 Å². The molecule has 8 nitrogen and oxygen atoms in total. The summed E-state index contributed by atoms with van der Waals surface area (Å²) in [7, 11) is 1.57. The lowest BCUT2D eigenvalue weighted by Crippen LogP contribution is -2.60. The van der Waals surface area contributed by atoms with E-state index in [1.54, 1.807) is 20.9 Å². The fraction of sp³-hybridized carbons (Fsp3) is 0.833. The first-order valence-corrected chi connectivity index (χ1v) is 9.40. The van der Waals surface area contributed by atoms with Crippen molar-refractivity contribution in [2.75, 3.05) is 20.1 Å². The first kappa shape index (κ1) is 24.5. The summed E-state index contributed by atoms with van der Waals surface area (Å²) in [6, 6.07) is -1.09. The van der Waals surface area contributed by atoms with Gasteiger partial charge in [0.1, 0.15) is 0 Å². The first-order valence-electron chi connectivity index (χ1n) is 9.40. The zero-order valence-electron chi connectivity index (χ0n) is 16.7. The minimum Gasteiger partial charge on any atom is -0.358 e. The van der Waals surface area contributed by atoms with Gasteiger partial charge in [-0.15, -0.1) is 0 Å². The summed E-state index contributed by atoms with van der Waals surface area (Å²) in [4.78, 5) is 36.7. The highest BCUT2D eigenvalue weighted by atomic mass is 16.2. The van der Waals surface area contributed by atoms with Gasteiger partial charge in [0.15, 0.2) is 5.78 Å². The van der Waals surface area contributed by atoms with Gasteiger partial charge in [-0.05, 0) is 59.0 Å². The highest BCUT2D eigenvalue weighted by Gasteiger charge is 2.36. The molecule has 0 rings (SSSR count). The molecule has 0 bridgehead atoms. The molecule has 0 unspecified atom stereocenters. The number of carbonyl (C=O) groups is 3. The predicted octanol–water partition coefficient (Wildman–Crippen LogP) is -0.199. The first-order chi connectivity index (χ1) is 12.2. The second kappa shape index (κ2) is 12.8. The van der Waals surface area contributed by atoms with Gasteiger partial charge in [0, 0.05) is 14.0 Å². The Balaban J connectivity index is 5.12. The van der Waals surface area contributed by atoms with E-state index < -0.39 is 17.6 Å². The number of nitrogens with two attached hydrogens (primary N) is 2. The van der Waals surface area contributed by atoms with Crippen molar-refractivity contribution < 1.29 is 14.4 Å². The summed E-state index contributed by atoms with van der Waals surface area (Å²) in [5, 5.41) is 8.52. The Labute approximate surface area is 157 Å². The number of hydrogen-bond donors (Lipinski definition) is 5. The zero-order valence-corrected chi connectivity index (χ0v) is 16.7. The molecule has 2 atom stereocenters. The average Bonchev–Trinajstić information content (AvgIpc) is 2.58. The van der Waals surface area contributed by atoms with Crippen molar-refractivity contribution >= 4 is 17.6 Å². The van der Waals surface area contributed by atoms with Gasteiger partial charge in [-0.3, -0.25) is 19.7 Å². The molecule has 7 N–H and O–H groups in total. The molecule has 2 amide bonds. The molecule has 26 heavy (non-hydrogen) atoms. The molecule has 0 aromatic rings. The summed E-state index contributed by atoms with van der Waals surface area (Å²) in [5.74, 6) is -0.558. The molecule has 0 radical (unpaired) electrons. The number of ketones is 1. The van der Waals surface area contributed by atoms with E-state index in [0.717, 1.165) is 25.7 Å². The van der Waals surface area contributed by atoms with Crippen LogP contribution in [0, 0.1) is 0 Å². The molecule has 8 heteroatoms. The zero-order chi connectivity index (χ0) is 20.2. The predicted molar refractivity (Wildman–Crippen MR) is 103 cm³/mol. The van der Waals surface area contributed by atoms with Crippen LogP contribution in [0.4, 0.5) is 0 Å². The molecular weight excluding hydrogens is 334 g/mol. The summed E-state index contributed by atoms with van der Waals surface area (Å²) in [5.41, 5.74) is 10.1. The van der Waals surface area contributed by atoms with Crippen LogP contribution < -0.4 is 27.4 Å². The van der Waals surface area contributed by atoms with Gasteiger partial charge in [-0.2, -0.15) is 0 Å². The van der Waals surface area contributed by atoms with Gasteiger partial charge in [-0.25, -0.2) is 0 Å². The highest BCUT2D eigenvalue weighted by Crippen LogP contribution is 2.15. The van der Waals surface area contributed by atoms with Crippen LogP contribution in [-0.2, 0) is 14.4 Å². The van der Waals surface area contributed by atoms with Gasteiger partial charge in [0.2, 0.25) is 11.8 Å². The van der Waals surface area contributed by atoms with Crippen LogP contribution in [0.25, 0.3) is 0 Å². The smallest absolute Gasteiger partial charge is 0.236 e.